The van der Waals surface area contributed by atoms with Crippen molar-refractivity contribution in [3.8, 4) is 28.4 Å². The monoisotopic (exact) mass is 544 g/mol. The second-order valence-electron chi connectivity index (χ2n) is 10.4. The number of hydrogen-bond donors (Lipinski definition) is 1. The lowest BCUT2D eigenvalue weighted by atomic mass is 9.94. The Morgan fingerprint density at radius 3 is 2.12 bits per heavy atom. The molecule has 0 saturated heterocycles. The highest BCUT2D eigenvalue weighted by atomic mass is 16.5. The Hall–Kier alpha value is -4.81. The number of fused-ring (bicyclic) bond motifs is 4. The molecule has 0 aliphatic carbocycles. The van der Waals surface area contributed by atoms with Crippen LogP contribution in [0.3, 0.4) is 0 Å². The zero-order valence-electron chi connectivity index (χ0n) is 23.6. The molecule has 0 saturated carbocycles. The lowest BCUT2D eigenvalue weighted by Crippen LogP contribution is -2.12. The normalized spacial score (nSPS) is 11.5. The fraction of sp³-hybridized carbons (Fsp3) is 0.171. The molecule has 0 radical (unpaired) electrons. The minimum Gasteiger partial charge on any atom is -0.507 e. The van der Waals surface area contributed by atoms with E-state index in [1.807, 2.05) is 105 Å². The number of esters is 1. The first-order valence-corrected chi connectivity index (χ1v) is 13.7. The summed E-state index contributed by atoms with van der Waals surface area (Å²) in [6.45, 7) is 2.47. The van der Waals surface area contributed by atoms with Crippen LogP contribution in [0.2, 0.25) is 0 Å². The Labute approximate surface area is 239 Å². The fourth-order valence-corrected chi connectivity index (χ4v) is 5.77. The van der Waals surface area contributed by atoms with Gasteiger partial charge in [-0.15, -0.1) is 0 Å². The zero-order valence-corrected chi connectivity index (χ0v) is 23.6. The van der Waals surface area contributed by atoms with Gasteiger partial charge in [0, 0.05) is 34.0 Å². The van der Waals surface area contributed by atoms with E-state index in [-0.39, 0.29) is 12.4 Å². The molecule has 6 nitrogen and oxygen atoms in total. The summed E-state index contributed by atoms with van der Waals surface area (Å²) in [4.78, 5) is 15.9. The Balaban J connectivity index is 1.91. The molecule has 0 spiro atoms. The molecule has 1 aromatic heterocycles. The minimum atomic E-state index is -0.428. The van der Waals surface area contributed by atoms with Gasteiger partial charge < -0.3 is 24.0 Å². The summed E-state index contributed by atoms with van der Waals surface area (Å²) in [5.74, 6) is 0.478. The van der Waals surface area contributed by atoms with E-state index in [0.29, 0.717) is 28.8 Å². The van der Waals surface area contributed by atoms with Crippen LogP contribution in [-0.4, -0.2) is 48.4 Å². The van der Waals surface area contributed by atoms with Crippen molar-refractivity contribution in [2.75, 3.05) is 27.8 Å². The smallest absolute Gasteiger partial charge is 0.340 e. The van der Waals surface area contributed by atoms with E-state index < -0.39 is 5.97 Å². The van der Waals surface area contributed by atoms with Crippen LogP contribution < -0.4 is 4.74 Å². The Kier molecular flexibility index (Phi) is 6.85. The van der Waals surface area contributed by atoms with Gasteiger partial charge >= 0.3 is 5.97 Å². The first-order valence-electron chi connectivity index (χ1n) is 13.7. The summed E-state index contributed by atoms with van der Waals surface area (Å²) in [6, 6.07) is 30.0. The molecule has 206 valence electrons. The summed E-state index contributed by atoms with van der Waals surface area (Å²) >= 11 is 0. The average molecular weight is 545 g/mol. The van der Waals surface area contributed by atoms with Crippen LogP contribution in [-0.2, 0) is 11.3 Å². The molecule has 6 aromatic rings. The number of methoxy groups -OCH3 is 1. The topological polar surface area (TPSA) is 63.9 Å². The van der Waals surface area contributed by atoms with Crippen LogP contribution in [0, 0.1) is 0 Å². The summed E-state index contributed by atoms with van der Waals surface area (Å²) in [5, 5.41) is 16.2. The molecular weight excluding hydrogens is 512 g/mol. The second kappa shape index (κ2) is 10.6. The molecule has 0 aliphatic rings. The molecule has 6 heteroatoms. The Morgan fingerprint density at radius 1 is 0.878 bits per heavy atom. The van der Waals surface area contributed by atoms with Gasteiger partial charge in [-0.05, 0) is 73.8 Å². The largest absolute Gasteiger partial charge is 0.507 e. The molecule has 5 aromatic carbocycles. The van der Waals surface area contributed by atoms with Crippen molar-refractivity contribution < 1.29 is 19.4 Å². The zero-order chi connectivity index (χ0) is 28.7. The molecule has 0 unspecified atom stereocenters. The van der Waals surface area contributed by atoms with E-state index in [9.17, 15) is 9.90 Å². The van der Waals surface area contributed by atoms with Gasteiger partial charge in [0.05, 0.1) is 30.5 Å². The van der Waals surface area contributed by atoms with Crippen LogP contribution >= 0.6 is 0 Å². The van der Waals surface area contributed by atoms with E-state index >= 15 is 0 Å². The molecule has 41 heavy (non-hydrogen) atoms. The predicted octanol–water partition coefficient (Wildman–Crippen LogP) is 7.56. The Morgan fingerprint density at radius 2 is 1.51 bits per heavy atom. The number of hydrogen-bond acceptors (Lipinski definition) is 5. The van der Waals surface area contributed by atoms with Gasteiger partial charge in [0.2, 0.25) is 0 Å². The molecule has 0 aliphatic heterocycles. The minimum absolute atomic E-state index is 0.170. The molecule has 0 amide bonds. The average Bonchev–Trinajstić information content (AvgIpc) is 3.35. The maximum absolute atomic E-state index is 13.9. The van der Waals surface area contributed by atoms with Crippen molar-refractivity contribution in [2.24, 2.45) is 0 Å². The number of ether oxygens (including phenoxy) is 2. The maximum atomic E-state index is 13.9. The standard InChI is InChI=1S/C35H32N2O4/c1-5-41-35(39)31-30-29(21-36(2)3)34(38)28-20-24-14-10-9-13-23(24)19-27(28)33(30)37(25-15-17-26(40-4)18-16-25)32(31)22-11-7-6-8-12-22/h6-20,38H,5,21H2,1-4H3. The maximum Gasteiger partial charge on any atom is 0.340 e. The third-order valence-corrected chi connectivity index (χ3v) is 7.49. The van der Waals surface area contributed by atoms with Crippen LogP contribution in [0.5, 0.6) is 11.5 Å². The van der Waals surface area contributed by atoms with E-state index in [1.165, 1.54) is 0 Å². The quantitative estimate of drug-likeness (QED) is 0.166. The summed E-state index contributed by atoms with van der Waals surface area (Å²) in [5.41, 5.74) is 4.40. The van der Waals surface area contributed by atoms with Crippen molar-refractivity contribution >= 4 is 38.4 Å². The highest BCUT2D eigenvalue weighted by Crippen LogP contribution is 2.47. The van der Waals surface area contributed by atoms with Gasteiger partial charge in [-0.3, -0.25) is 0 Å². The molecule has 1 N–H and O–H groups in total. The van der Waals surface area contributed by atoms with E-state index in [4.69, 9.17) is 9.47 Å². The van der Waals surface area contributed by atoms with Crippen LogP contribution in [0.25, 0.3) is 49.4 Å². The van der Waals surface area contributed by atoms with E-state index in [0.717, 1.165) is 44.1 Å². The van der Waals surface area contributed by atoms with E-state index in [2.05, 4.69) is 16.7 Å². The second-order valence-corrected chi connectivity index (χ2v) is 10.4. The summed E-state index contributed by atoms with van der Waals surface area (Å²) in [6.07, 6.45) is 0. The fourth-order valence-electron chi connectivity index (χ4n) is 5.77. The number of aromatic nitrogens is 1. The number of carbonyl (C=O) groups is 1. The molecular formula is C35H32N2O4. The lowest BCUT2D eigenvalue weighted by Gasteiger charge is -2.18. The number of rotatable bonds is 7. The van der Waals surface area contributed by atoms with Gasteiger partial charge in [-0.25, -0.2) is 4.79 Å². The first kappa shape index (κ1) is 26.4. The van der Waals surface area contributed by atoms with Crippen molar-refractivity contribution in [3.05, 3.63) is 102 Å². The van der Waals surface area contributed by atoms with Gasteiger partial charge in [0.25, 0.3) is 0 Å². The van der Waals surface area contributed by atoms with Crippen molar-refractivity contribution in [3.63, 3.8) is 0 Å². The van der Waals surface area contributed by atoms with Gasteiger partial charge in [-0.1, -0.05) is 54.6 Å². The van der Waals surface area contributed by atoms with Crippen molar-refractivity contribution in [1.82, 2.24) is 9.47 Å². The third-order valence-electron chi connectivity index (χ3n) is 7.49. The molecule has 0 bridgehead atoms. The van der Waals surface area contributed by atoms with Gasteiger partial charge in [-0.2, -0.15) is 0 Å². The molecule has 0 fully saturated rings. The first-order chi connectivity index (χ1) is 19.9. The van der Waals surface area contributed by atoms with Crippen LogP contribution in [0.1, 0.15) is 22.8 Å². The summed E-state index contributed by atoms with van der Waals surface area (Å²) in [7, 11) is 5.56. The van der Waals surface area contributed by atoms with Gasteiger partial charge in [0.1, 0.15) is 11.5 Å². The van der Waals surface area contributed by atoms with Gasteiger partial charge in [0.15, 0.2) is 0 Å². The van der Waals surface area contributed by atoms with Crippen LogP contribution in [0.4, 0.5) is 0 Å². The number of phenols is 1. The van der Waals surface area contributed by atoms with Crippen molar-refractivity contribution in [1.29, 1.82) is 0 Å². The molecule has 0 atom stereocenters. The predicted molar refractivity (Wildman–Crippen MR) is 165 cm³/mol. The number of aromatic hydroxyl groups is 1. The number of carbonyl (C=O) groups excluding carboxylic acids is 1. The number of phenolic OH excluding ortho intramolecular Hbond substituents is 1. The molecule has 6 rings (SSSR count). The number of nitrogens with zero attached hydrogens (tertiary/aromatic N) is 2. The van der Waals surface area contributed by atoms with Crippen LogP contribution in [0.15, 0.2) is 91.0 Å². The SMILES string of the molecule is CCOC(=O)c1c(-c2ccccc2)n(-c2ccc(OC)cc2)c2c1c(CN(C)C)c(O)c1cc3ccccc3cc12. The Bertz CT molecular complexity index is 1910. The van der Waals surface area contributed by atoms with Crippen molar-refractivity contribution in [2.45, 2.75) is 13.5 Å². The highest BCUT2D eigenvalue weighted by Gasteiger charge is 2.31. The lowest BCUT2D eigenvalue weighted by molar-refractivity contribution is 0.0529. The third kappa shape index (κ3) is 4.46. The van der Waals surface area contributed by atoms with E-state index in [1.54, 1.807) is 7.11 Å². The highest BCUT2D eigenvalue weighted by molar-refractivity contribution is 6.22. The number of benzene rings is 5. The summed E-state index contributed by atoms with van der Waals surface area (Å²) < 4.78 is 13.3. The molecule has 1 heterocycles.